The standard InChI is InChI=1S/C33H39NO5S/c1-7-15-34-25-17-32(3,4)19-27(35)30(25)29(31-26(34)18-33(5,6)20-28(31)36)22-9-8-10-23(16-22)39-40(37,38)24-13-11-21(2)12-14-24/h8-14,16,29H,7,15,17-20H2,1-6H3. The Bertz CT molecular complexity index is 1490. The minimum Gasteiger partial charge on any atom is -0.379 e. The van der Waals surface area contributed by atoms with E-state index >= 15 is 0 Å². The number of nitrogens with zero attached hydrogens (tertiary/aromatic N) is 1. The predicted molar refractivity (Wildman–Crippen MR) is 155 cm³/mol. The third-order valence-corrected chi connectivity index (χ3v) is 9.44. The lowest BCUT2D eigenvalue weighted by Gasteiger charge is -2.49. The molecule has 3 aliphatic rings. The van der Waals surface area contributed by atoms with Gasteiger partial charge in [0.2, 0.25) is 0 Å². The van der Waals surface area contributed by atoms with Crippen molar-refractivity contribution in [1.82, 2.24) is 4.90 Å². The second-order valence-corrected chi connectivity index (χ2v) is 14.7. The maximum atomic E-state index is 13.9. The highest BCUT2D eigenvalue weighted by Gasteiger charge is 2.48. The maximum absolute atomic E-state index is 13.9. The molecular formula is C33H39NO5S. The van der Waals surface area contributed by atoms with Crippen LogP contribution in [-0.4, -0.2) is 31.4 Å². The molecular weight excluding hydrogens is 522 g/mol. The van der Waals surface area contributed by atoms with Gasteiger partial charge in [0.1, 0.15) is 10.6 Å². The van der Waals surface area contributed by atoms with Crippen LogP contribution in [0.3, 0.4) is 0 Å². The zero-order chi connectivity index (χ0) is 29.0. The van der Waals surface area contributed by atoms with Crippen molar-refractivity contribution in [2.75, 3.05) is 6.54 Å². The summed E-state index contributed by atoms with van der Waals surface area (Å²) < 4.78 is 31.7. The van der Waals surface area contributed by atoms with Crippen molar-refractivity contribution in [3.8, 4) is 5.75 Å². The zero-order valence-electron chi connectivity index (χ0n) is 24.3. The number of carbonyl (C=O) groups is 2. The molecule has 2 aromatic carbocycles. The van der Waals surface area contributed by atoms with Crippen molar-refractivity contribution < 1.29 is 22.2 Å². The number of hydrogen-bond donors (Lipinski definition) is 0. The average molecular weight is 562 g/mol. The van der Waals surface area contributed by atoms with Gasteiger partial charge in [-0.1, -0.05) is 64.4 Å². The van der Waals surface area contributed by atoms with Gasteiger partial charge in [0, 0.05) is 47.8 Å². The van der Waals surface area contributed by atoms with Gasteiger partial charge in [-0.2, -0.15) is 8.42 Å². The lowest BCUT2D eigenvalue weighted by molar-refractivity contribution is -0.119. The van der Waals surface area contributed by atoms with Crippen LogP contribution in [0.25, 0.3) is 0 Å². The molecule has 0 spiro atoms. The summed E-state index contributed by atoms with van der Waals surface area (Å²) >= 11 is 0. The van der Waals surface area contributed by atoms with Gasteiger partial charge in [0.25, 0.3) is 0 Å². The third-order valence-electron chi connectivity index (χ3n) is 8.18. The number of ketones is 2. The number of rotatable bonds is 6. The van der Waals surface area contributed by atoms with Gasteiger partial charge < -0.3 is 9.08 Å². The fourth-order valence-corrected chi connectivity index (χ4v) is 7.42. The van der Waals surface area contributed by atoms with Gasteiger partial charge in [0.15, 0.2) is 11.6 Å². The second kappa shape index (κ2) is 10.0. The summed E-state index contributed by atoms with van der Waals surface area (Å²) in [4.78, 5) is 30.1. The molecule has 0 bridgehead atoms. The first-order valence-corrected chi connectivity index (χ1v) is 15.5. The molecule has 0 N–H and O–H groups in total. The van der Waals surface area contributed by atoms with Crippen molar-refractivity contribution in [1.29, 1.82) is 0 Å². The van der Waals surface area contributed by atoms with Gasteiger partial charge in [-0.3, -0.25) is 9.59 Å². The van der Waals surface area contributed by atoms with Crippen LogP contribution in [0.4, 0.5) is 0 Å². The van der Waals surface area contributed by atoms with E-state index in [1.807, 2.05) is 13.0 Å². The fraction of sp³-hybridized carbons (Fsp3) is 0.455. The normalized spacial score (nSPS) is 20.9. The molecule has 2 aromatic rings. The molecule has 0 saturated heterocycles. The number of Topliss-reactive ketones (excluding diaryl/α,β-unsaturated/α-hetero) is 2. The molecule has 0 saturated carbocycles. The SMILES string of the molecule is CCCN1C2=C(C(=O)CC(C)(C)C2)C(c2cccc(OS(=O)(=O)c3ccc(C)cc3)c2)C2=C1CC(C)(C)CC2=O. The summed E-state index contributed by atoms with van der Waals surface area (Å²) in [5, 5.41) is 0. The van der Waals surface area contributed by atoms with Crippen molar-refractivity contribution in [3.05, 3.63) is 82.2 Å². The Morgan fingerprint density at radius 3 is 1.93 bits per heavy atom. The highest BCUT2D eigenvalue weighted by atomic mass is 32.2. The van der Waals surface area contributed by atoms with Crippen molar-refractivity contribution in [2.45, 2.75) is 84.5 Å². The number of benzene rings is 2. The summed E-state index contributed by atoms with van der Waals surface area (Å²) in [6, 6.07) is 13.4. The molecule has 0 atom stereocenters. The van der Waals surface area contributed by atoms with E-state index in [1.165, 1.54) is 12.1 Å². The molecule has 2 aliphatic carbocycles. The van der Waals surface area contributed by atoms with Gasteiger partial charge in [-0.15, -0.1) is 0 Å². The summed E-state index contributed by atoms with van der Waals surface area (Å²) in [5.41, 5.74) is 4.65. The second-order valence-electron chi connectivity index (χ2n) is 13.1. The van der Waals surface area contributed by atoms with Crippen molar-refractivity contribution in [2.24, 2.45) is 10.8 Å². The lowest BCUT2D eigenvalue weighted by Crippen LogP contribution is -2.44. The zero-order valence-corrected chi connectivity index (χ0v) is 25.2. The molecule has 1 aliphatic heterocycles. The van der Waals surface area contributed by atoms with Crippen LogP contribution >= 0.6 is 0 Å². The Morgan fingerprint density at radius 2 is 1.40 bits per heavy atom. The van der Waals surface area contributed by atoms with Gasteiger partial charge in [-0.05, 0) is 66.8 Å². The lowest BCUT2D eigenvalue weighted by atomic mass is 9.63. The number of aryl methyl sites for hydroxylation is 1. The summed E-state index contributed by atoms with van der Waals surface area (Å²) in [7, 11) is -4.06. The molecule has 0 fully saturated rings. The molecule has 40 heavy (non-hydrogen) atoms. The molecule has 5 rings (SSSR count). The van der Waals surface area contributed by atoms with Crippen LogP contribution in [0.15, 0.2) is 76.0 Å². The third kappa shape index (κ3) is 5.28. The first-order chi connectivity index (χ1) is 18.7. The van der Waals surface area contributed by atoms with E-state index in [0.29, 0.717) is 29.6 Å². The molecule has 7 heteroatoms. The van der Waals surface area contributed by atoms with Crippen LogP contribution in [-0.2, 0) is 19.7 Å². The fourth-order valence-electron chi connectivity index (χ4n) is 6.50. The molecule has 6 nitrogen and oxygen atoms in total. The summed E-state index contributed by atoms with van der Waals surface area (Å²) in [5.74, 6) is -0.276. The van der Waals surface area contributed by atoms with E-state index in [0.717, 1.165) is 42.8 Å². The maximum Gasteiger partial charge on any atom is 0.339 e. The quantitative estimate of drug-likeness (QED) is 0.359. The number of allylic oxidation sites excluding steroid dienone is 4. The number of hydrogen-bond acceptors (Lipinski definition) is 6. The monoisotopic (exact) mass is 561 g/mol. The van der Waals surface area contributed by atoms with E-state index in [9.17, 15) is 18.0 Å². The Hall–Kier alpha value is -3.19. The molecule has 0 aromatic heterocycles. The Kier molecular flexibility index (Phi) is 7.10. The summed E-state index contributed by atoms with van der Waals surface area (Å²) in [6.45, 7) is 13.2. The highest BCUT2D eigenvalue weighted by molar-refractivity contribution is 7.87. The molecule has 0 unspecified atom stereocenters. The van der Waals surface area contributed by atoms with Crippen LogP contribution in [0.5, 0.6) is 5.75 Å². The molecule has 1 heterocycles. The Labute approximate surface area is 238 Å². The Balaban J connectivity index is 1.65. The topological polar surface area (TPSA) is 80.8 Å². The first kappa shape index (κ1) is 28.3. The van der Waals surface area contributed by atoms with Gasteiger partial charge in [0.05, 0.1) is 0 Å². The van der Waals surface area contributed by atoms with Crippen LogP contribution in [0, 0.1) is 17.8 Å². The minimum absolute atomic E-state index is 0.0557. The van der Waals surface area contributed by atoms with E-state index < -0.39 is 16.0 Å². The molecule has 212 valence electrons. The van der Waals surface area contributed by atoms with E-state index in [-0.39, 0.29) is 33.0 Å². The van der Waals surface area contributed by atoms with Crippen molar-refractivity contribution in [3.63, 3.8) is 0 Å². The number of carbonyl (C=O) groups excluding carboxylic acids is 2. The smallest absolute Gasteiger partial charge is 0.339 e. The van der Waals surface area contributed by atoms with Gasteiger partial charge in [-0.25, -0.2) is 0 Å². The van der Waals surface area contributed by atoms with E-state index in [4.69, 9.17) is 4.18 Å². The molecule has 0 radical (unpaired) electrons. The predicted octanol–water partition coefficient (Wildman–Crippen LogP) is 6.86. The van der Waals surface area contributed by atoms with E-state index in [2.05, 4.69) is 39.5 Å². The first-order valence-electron chi connectivity index (χ1n) is 14.1. The van der Waals surface area contributed by atoms with E-state index in [1.54, 1.807) is 30.3 Å². The molecule has 0 amide bonds. The largest absolute Gasteiger partial charge is 0.379 e. The summed E-state index contributed by atoms with van der Waals surface area (Å²) in [6.07, 6.45) is 3.19. The minimum atomic E-state index is -4.06. The Morgan fingerprint density at radius 1 is 0.850 bits per heavy atom. The van der Waals surface area contributed by atoms with Crippen LogP contribution in [0.2, 0.25) is 0 Å². The van der Waals surface area contributed by atoms with Crippen LogP contribution in [0.1, 0.15) is 83.8 Å². The average Bonchev–Trinajstić information content (AvgIpc) is 2.83. The van der Waals surface area contributed by atoms with Gasteiger partial charge >= 0.3 is 10.1 Å². The van der Waals surface area contributed by atoms with Crippen molar-refractivity contribution >= 4 is 21.7 Å². The highest BCUT2D eigenvalue weighted by Crippen LogP contribution is 2.54. The van der Waals surface area contributed by atoms with Crippen LogP contribution < -0.4 is 4.18 Å².